The molecule has 0 aliphatic carbocycles. The number of sulfonamides is 1. The fraction of sp³-hybridized carbons (Fsp3) is 0.333. The highest BCUT2D eigenvalue weighted by Crippen LogP contribution is 2.22. The first kappa shape index (κ1) is 21.0. The lowest BCUT2D eigenvalue weighted by Crippen LogP contribution is -2.52. The number of hydrogen-bond acceptors (Lipinski definition) is 4. The second-order valence-corrected chi connectivity index (χ2v) is 9.71. The highest BCUT2D eigenvalue weighted by atomic mass is 32.2. The second-order valence-electron chi connectivity index (χ2n) is 7.98. The molecule has 1 unspecified atom stereocenters. The van der Waals surface area contributed by atoms with Crippen molar-refractivity contribution >= 4 is 20.8 Å². The standard InChI is InChI=1S/C24H29N3O2S/c1-20(27-16-14-26(15-17-27)19-21-8-3-2-4-9-21)18-25-30(28,29)24-13-7-11-22-10-5-6-12-23(22)24/h2-13,20,25H,14-19H2,1H3. The Balaban J connectivity index is 1.33. The van der Waals surface area contributed by atoms with Gasteiger partial charge in [0, 0.05) is 50.7 Å². The maximum Gasteiger partial charge on any atom is 0.241 e. The van der Waals surface area contributed by atoms with E-state index in [0.29, 0.717) is 11.4 Å². The molecule has 5 nitrogen and oxygen atoms in total. The Bertz CT molecular complexity index is 1070. The minimum atomic E-state index is -3.56. The zero-order valence-corrected chi connectivity index (χ0v) is 18.2. The molecule has 0 bridgehead atoms. The van der Waals surface area contributed by atoms with Gasteiger partial charge in [-0.1, -0.05) is 66.7 Å². The summed E-state index contributed by atoms with van der Waals surface area (Å²) in [5.41, 5.74) is 1.34. The third-order valence-corrected chi connectivity index (χ3v) is 7.37. The molecule has 4 rings (SSSR count). The molecule has 0 amide bonds. The molecule has 1 aliphatic heterocycles. The molecule has 1 aliphatic rings. The number of rotatable bonds is 7. The summed E-state index contributed by atoms with van der Waals surface area (Å²) in [6.45, 7) is 7.36. The Hall–Kier alpha value is -2.25. The Kier molecular flexibility index (Phi) is 6.49. The fourth-order valence-electron chi connectivity index (χ4n) is 4.07. The average molecular weight is 424 g/mol. The molecular weight excluding hydrogens is 394 g/mol. The minimum Gasteiger partial charge on any atom is -0.297 e. The van der Waals surface area contributed by atoms with Crippen LogP contribution in [0.25, 0.3) is 10.8 Å². The first-order valence-corrected chi connectivity index (χ1v) is 12.0. The van der Waals surface area contributed by atoms with Gasteiger partial charge in [-0.25, -0.2) is 13.1 Å². The van der Waals surface area contributed by atoms with Gasteiger partial charge < -0.3 is 0 Å². The first-order valence-electron chi connectivity index (χ1n) is 10.5. The molecule has 3 aromatic carbocycles. The van der Waals surface area contributed by atoms with Crippen LogP contribution in [0.4, 0.5) is 0 Å². The van der Waals surface area contributed by atoms with Crippen molar-refractivity contribution in [1.82, 2.24) is 14.5 Å². The lowest BCUT2D eigenvalue weighted by molar-refractivity contribution is 0.0992. The highest BCUT2D eigenvalue weighted by molar-refractivity contribution is 7.89. The van der Waals surface area contributed by atoms with Crippen molar-refractivity contribution in [2.45, 2.75) is 24.4 Å². The Morgan fingerprint density at radius 3 is 2.30 bits per heavy atom. The summed E-state index contributed by atoms with van der Waals surface area (Å²) in [5.74, 6) is 0. The predicted molar refractivity (Wildman–Crippen MR) is 122 cm³/mol. The highest BCUT2D eigenvalue weighted by Gasteiger charge is 2.23. The largest absolute Gasteiger partial charge is 0.297 e. The number of nitrogens with zero attached hydrogens (tertiary/aromatic N) is 2. The van der Waals surface area contributed by atoms with E-state index >= 15 is 0 Å². The van der Waals surface area contributed by atoms with Crippen molar-refractivity contribution in [3.8, 4) is 0 Å². The van der Waals surface area contributed by atoms with E-state index in [0.717, 1.165) is 43.5 Å². The molecule has 3 aromatic rings. The summed E-state index contributed by atoms with van der Waals surface area (Å²) < 4.78 is 28.7. The quantitative estimate of drug-likeness (QED) is 0.633. The molecule has 0 saturated carbocycles. The van der Waals surface area contributed by atoms with Gasteiger partial charge in [-0.05, 0) is 23.9 Å². The van der Waals surface area contributed by atoms with Gasteiger partial charge >= 0.3 is 0 Å². The molecule has 1 atom stereocenters. The zero-order chi connectivity index (χ0) is 21.0. The van der Waals surface area contributed by atoms with Crippen molar-refractivity contribution < 1.29 is 8.42 Å². The van der Waals surface area contributed by atoms with Gasteiger partial charge in [-0.15, -0.1) is 0 Å². The normalized spacial score (nSPS) is 17.2. The Morgan fingerprint density at radius 1 is 0.867 bits per heavy atom. The van der Waals surface area contributed by atoms with Gasteiger partial charge in [0.15, 0.2) is 0 Å². The zero-order valence-electron chi connectivity index (χ0n) is 17.4. The number of nitrogens with one attached hydrogen (secondary N) is 1. The topological polar surface area (TPSA) is 52.7 Å². The van der Waals surface area contributed by atoms with Crippen molar-refractivity contribution in [2.75, 3.05) is 32.7 Å². The lowest BCUT2D eigenvalue weighted by atomic mass is 10.1. The van der Waals surface area contributed by atoms with Gasteiger partial charge in [0.25, 0.3) is 0 Å². The van der Waals surface area contributed by atoms with E-state index in [9.17, 15) is 8.42 Å². The second kappa shape index (κ2) is 9.27. The summed E-state index contributed by atoms with van der Waals surface area (Å²) in [6.07, 6.45) is 0. The van der Waals surface area contributed by atoms with Gasteiger partial charge in [-0.2, -0.15) is 0 Å². The number of hydrogen-bond donors (Lipinski definition) is 1. The van der Waals surface area contributed by atoms with Crippen LogP contribution in [0.5, 0.6) is 0 Å². The maximum atomic E-state index is 13.0. The van der Waals surface area contributed by atoms with Crippen LogP contribution in [0.2, 0.25) is 0 Å². The van der Waals surface area contributed by atoms with Crippen LogP contribution in [0.3, 0.4) is 0 Å². The van der Waals surface area contributed by atoms with E-state index in [-0.39, 0.29) is 6.04 Å². The minimum absolute atomic E-state index is 0.147. The molecule has 30 heavy (non-hydrogen) atoms. The van der Waals surface area contributed by atoms with E-state index in [1.807, 2.05) is 36.4 Å². The van der Waals surface area contributed by atoms with Crippen LogP contribution in [0.1, 0.15) is 12.5 Å². The van der Waals surface area contributed by atoms with E-state index in [2.05, 4.69) is 45.7 Å². The molecule has 1 N–H and O–H groups in total. The molecule has 6 heteroatoms. The smallest absolute Gasteiger partial charge is 0.241 e. The Labute approximate surface area is 179 Å². The van der Waals surface area contributed by atoms with Gasteiger partial charge in [0.2, 0.25) is 10.0 Å². The van der Waals surface area contributed by atoms with Gasteiger partial charge in [-0.3, -0.25) is 9.80 Å². The van der Waals surface area contributed by atoms with Crippen LogP contribution in [0, 0.1) is 0 Å². The van der Waals surface area contributed by atoms with Gasteiger partial charge in [0.1, 0.15) is 0 Å². The van der Waals surface area contributed by atoms with Crippen LogP contribution in [0.15, 0.2) is 77.7 Å². The first-order chi connectivity index (χ1) is 14.5. The summed E-state index contributed by atoms with van der Waals surface area (Å²) >= 11 is 0. The summed E-state index contributed by atoms with van der Waals surface area (Å²) in [4.78, 5) is 5.17. The molecule has 1 heterocycles. The third kappa shape index (κ3) is 4.90. The van der Waals surface area contributed by atoms with E-state index in [4.69, 9.17) is 0 Å². The lowest BCUT2D eigenvalue weighted by Gasteiger charge is -2.38. The average Bonchev–Trinajstić information content (AvgIpc) is 2.78. The maximum absolute atomic E-state index is 13.0. The molecule has 0 aromatic heterocycles. The number of fused-ring (bicyclic) bond motifs is 1. The third-order valence-electron chi connectivity index (χ3n) is 5.89. The SMILES string of the molecule is CC(CNS(=O)(=O)c1cccc2ccccc12)N1CCN(Cc2ccccc2)CC1. The van der Waals surface area contributed by atoms with E-state index in [1.54, 1.807) is 12.1 Å². The van der Waals surface area contributed by atoms with Crippen molar-refractivity contribution in [3.63, 3.8) is 0 Å². The van der Waals surface area contributed by atoms with Gasteiger partial charge in [0.05, 0.1) is 4.90 Å². The summed E-state index contributed by atoms with van der Waals surface area (Å²) in [5, 5.41) is 1.69. The summed E-state index contributed by atoms with van der Waals surface area (Å²) in [7, 11) is -3.56. The van der Waals surface area contributed by atoms with Crippen LogP contribution in [-0.2, 0) is 16.6 Å². The molecular formula is C24H29N3O2S. The fourth-order valence-corrected chi connectivity index (χ4v) is 5.42. The predicted octanol–water partition coefficient (Wildman–Crippen LogP) is 3.32. The number of benzene rings is 3. The Morgan fingerprint density at radius 2 is 1.53 bits per heavy atom. The monoisotopic (exact) mass is 423 g/mol. The van der Waals surface area contributed by atoms with Crippen LogP contribution < -0.4 is 4.72 Å². The van der Waals surface area contributed by atoms with Crippen molar-refractivity contribution in [2.24, 2.45) is 0 Å². The molecule has 1 fully saturated rings. The van der Waals surface area contributed by atoms with Crippen molar-refractivity contribution in [3.05, 3.63) is 78.4 Å². The number of piperazine rings is 1. The van der Waals surface area contributed by atoms with Crippen LogP contribution >= 0.6 is 0 Å². The van der Waals surface area contributed by atoms with Crippen molar-refractivity contribution in [1.29, 1.82) is 0 Å². The molecule has 1 saturated heterocycles. The summed E-state index contributed by atoms with van der Waals surface area (Å²) in [6, 6.07) is 23.7. The van der Waals surface area contributed by atoms with E-state index in [1.165, 1.54) is 5.56 Å². The molecule has 158 valence electrons. The molecule has 0 spiro atoms. The van der Waals surface area contributed by atoms with E-state index < -0.39 is 10.0 Å². The van der Waals surface area contributed by atoms with Crippen LogP contribution in [-0.4, -0.2) is 57.0 Å². The molecule has 0 radical (unpaired) electrons.